The predicted octanol–water partition coefficient (Wildman–Crippen LogP) is 3.94. The molecule has 0 aliphatic carbocycles. The third kappa shape index (κ3) is 4.78. The van der Waals surface area contributed by atoms with Gasteiger partial charge >= 0.3 is 0 Å². The molecule has 2 aromatic carbocycles. The molecule has 170 valence electrons. The van der Waals surface area contributed by atoms with Crippen LogP contribution < -0.4 is 14.8 Å². The molecule has 0 saturated carbocycles. The smallest absolute Gasteiger partial charge is 0.278 e. The highest BCUT2D eigenvalue weighted by atomic mass is 16.5. The molecular weight excluding hydrogens is 408 g/mol. The number of ether oxygens (including phenoxy) is 3. The van der Waals surface area contributed by atoms with Gasteiger partial charge < -0.3 is 19.5 Å². The molecule has 0 atom stereocenters. The molecule has 0 fully saturated rings. The third-order valence-electron chi connectivity index (χ3n) is 5.36. The van der Waals surface area contributed by atoms with Crippen molar-refractivity contribution in [2.75, 3.05) is 39.3 Å². The summed E-state index contributed by atoms with van der Waals surface area (Å²) in [6.45, 7) is 7.25. The van der Waals surface area contributed by atoms with Crippen molar-refractivity contribution in [1.82, 2.24) is 4.90 Å². The van der Waals surface area contributed by atoms with Gasteiger partial charge in [-0.3, -0.25) is 14.5 Å². The fourth-order valence-electron chi connectivity index (χ4n) is 3.71. The molecule has 7 nitrogen and oxygen atoms in total. The van der Waals surface area contributed by atoms with Crippen LogP contribution in [0.4, 0.5) is 5.69 Å². The average Bonchev–Trinajstić information content (AvgIpc) is 3.01. The molecule has 0 spiro atoms. The van der Waals surface area contributed by atoms with Gasteiger partial charge in [0.25, 0.3) is 11.8 Å². The summed E-state index contributed by atoms with van der Waals surface area (Å²) < 4.78 is 16.1. The minimum absolute atomic E-state index is 0.255. The number of hydrogen-bond donors (Lipinski definition) is 1. The van der Waals surface area contributed by atoms with Crippen LogP contribution in [0, 0.1) is 13.8 Å². The first-order valence-corrected chi connectivity index (χ1v) is 10.7. The Morgan fingerprint density at radius 2 is 1.69 bits per heavy atom. The maximum atomic E-state index is 13.4. The number of amides is 2. The molecule has 32 heavy (non-hydrogen) atoms. The lowest BCUT2D eigenvalue weighted by molar-refractivity contribution is -0.137. The van der Waals surface area contributed by atoms with Crippen LogP contribution in [0.15, 0.2) is 42.1 Å². The number of nitrogens with one attached hydrogen (secondary N) is 1. The minimum atomic E-state index is -0.351. The van der Waals surface area contributed by atoms with Crippen LogP contribution in [0.3, 0.4) is 0 Å². The molecule has 1 N–H and O–H groups in total. The van der Waals surface area contributed by atoms with Gasteiger partial charge in [0.05, 0.1) is 19.8 Å². The Labute approximate surface area is 189 Å². The number of carbonyl (C=O) groups excluding carboxylic acids is 2. The van der Waals surface area contributed by atoms with Gasteiger partial charge in [-0.05, 0) is 56.5 Å². The van der Waals surface area contributed by atoms with Crippen molar-refractivity contribution in [2.45, 2.75) is 27.2 Å². The molecule has 0 radical (unpaired) electrons. The number of benzene rings is 2. The summed E-state index contributed by atoms with van der Waals surface area (Å²) in [4.78, 5) is 28.0. The second kappa shape index (κ2) is 10.3. The average molecular weight is 439 g/mol. The second-order valence-electron chi connectivity index (χ2n) is 7.58. The lowest BCUT2D eigenvalue weighted by Gasteiger charge is -2.15. The first-order chi connectivity index (χ1) is 15.4. The molecule has 2 amide bonds. The van der Waals surface area contributed by atoms with Crippen molar-refractivity contribution in [3.63, 3.8) is 0 Å². The van der Waals surface area contributed by atoms with Crippen molar-refractivity contribution in [3.05, 3.63) is 58.8 Å². The van der Waals surface area contributed by atoms with E-state index in [-0.39, 0.29) is 24.1 Å². The summed E-state index contributed by atoms with van der Waals surface area (Å²) in [5, 5.41) is 3.23. The van der Waals surface area contributed by atoms with Crippen LogP contribution >= 0.6 is 0 Å². The summed E-state index contributed by atoms with van der Waals surface area (Å²) in [5.41, 5.74) is 4.03. The highest BCUT2D eigenvalue weighted by Crippen LogP contribution is 2.36. The van der Waals surface area contributed by atoms with Crippen molar-refractivity contribution < 1.29 is 23.8 Å². The molecule has 1 heterocycles. The molecule has 1 aliphatic heterocycles. The van der Waals surface area contributed by atoms with Gasteiger partial charge in [0.15, 0.2) is 11.5 Å². The summed E-state index contributed by atoms with van der Waals surface area (Å²) in [7, 11) is 3.08. The number of nitrogens with zero attached hydrogens (tertiary/aromatic N) is 1. The minimum Gasteiger partial charge on any atom is -0.493 e. The van der Waals surface area contributed by atoms with Crippen molar-refractivity contribution in [1.29, 1.82) is 0 Å². The van der Waals surface area contributed by atoms with Gasteiger partial charge in [-0.25, -0.2) is 0 Å². The van der Waals surface area contributed by atoms with Crippen LogP contribution in [0.25, 0.3) is 5.57 Å². The fraction of sp³-hybridized carbons (Fsp3) is 0.360. The summed E-state index contributed by atoms with van der Waals surface area (Å²) >= 11 is 0. The molecule has 0 unspecified atom stereocenters. The van der Waals surface area contributed by atoms with Gasteiger partial charge in [-0.2, -0.15) is 0 Å². The van der Waals surface area contributed by atoms with Gasteiger partial charge in [-0.15, -0.1) is 0 Å². The van der Waals surface area contributed by atoms with E-state index < -0.39 is 0 Å². The number of rotatable bonds is 10. The topological polar surface area (TPSA) is 77.1 Å². The number of aryl methyl sites for hydroxylation is 2. The van der Waals surface area contributed by atoms with E-state index in [1.807, 2.05) is 39.0 Å². The molecule has 0 saturated heterocycles. The van der Waals surface area contributed by atoms with E-state index >= 15 is 0 Å². The predicted molar refractivity (Wildman–Crippen MR) is 124 cm³/mol. The normalized spacial score (nSPS) is 13.7. The standard InChI is InChI=1S/C25H30N2O5/c1-6-32-13-7-12-27-24(28)22(18-9-11-20(30-4)21(15-18)31-5)23(25(27)29)26-19-10-8-16(2)14-17(19)3/h8-11,14-15,26H,6-7,12-13H2,1-5H3. The molecule has 0 aromatic heterocycles. The van der Waals surface area contributed by atoms with Crippen LogP contribution in [-0.2, 0) is 14.3 Å². The molecule has 0 bridgehead atoms. The Hall–Kier alpha value is -3.32. The van der Waals surface area contributed by atoms with E-state index in [0.717, 1.165) is 16.8 Å². The van der Waals surface area contributed by atoms with Crippen molar-refractivity contribution in [3.8, 4) is 11.5 Å². The van der Waals surface area contributed by atoms with Crippen LogP contribution in [0.5, 0.6) is 11.5 Å². The molecule has 7 heteroatoms. The van der Waals surface area contributed by atoms with Gasteiger partial charge in [0.2, 0.25) is 0 Å². The molecule has 2 aromatic rings. The fourth-order valence-corrected chi connectivity index (χ4v) is 3.71. The number of carbonyl (C=O) groups is 2. The number of methoxy groups -OCH3 is 2. The molecule has 3 rings (SSSR count). The first-order valence-electron chi connectivity index (χ1n) is 10.7. The van der Waals surface area contributed by atoms with Gasteiger partial charge in [0.1, 0.15) is 5.70 Å². The maximum Gasteiger partial charge on any atom is 0.278 e. The summed E-state index contributed by atoms with van der Waals surface area (Å²) in [5.74, 6) is 0.340. The van der Waals surface area contributed by atoms with Gasteiger partial charge in [0, 0.05) is 25.4 Å². The van der Waals surface area contributed by atoms with E-state index in [2.05, 4.69) is 5.32 Å². The number of imide groups is 1. The Bertz CT molecular complexity index is 1040. The number of anilines is 1. The van der Waals surface area contributed by atoms with E-state index in [1.54, 1.807) is 25.3 Å². The highest BCUT2D eigenvalue weighted by Gasteiger charge is 2.39. The maximum absolute atomic E-state index is 13.4. The van der Waals surface area contributed by atoms with Crippen molar-refractivity contribution in [2.24, 2.45) is 0 Å². The Morgan fingerprint density at radius 3 is 2.34 bits per heavy atom. The second-order valence-corrected chi connectivity index (χ2v) is 7.58. The van der Waals surface area contributed by atoms with Gasteiger partial charge in [-0.1, -0.05) is 23.8 Å². The zero-order valence-corrected chi connectivity index (χ0v) is 19.3. The number of hydrogen-bond acceptors (Lipinski definition) is 6. The molecular formula is C25H30N2O5. The lowest BCUT2D eigenvalue weighted by atomic mass is 10.0. The van der Waals surface area contributed by atoms with Crippen LogP contribution in [0.2, 0.25) is 0 Å². The van der Waals surface area contributed by atoms with E-state index in [9.17, 15) is 9.59 Å². The largest absolute Gasteiger partial charge is 0.493 e. The monoisotopic (exact) mass is 438 g/mol. The summed E-state index contributed by atoms with van der Waals surface area (Å²) in [6, 6.07) is 11.1. The highest BCUT2D eigenvalue weighted by molar-refractivity contribution is 6.36. The Kier molecular flexibility index (Phi) is 7.53. The van der Waals surface area contributed by atoms with Crippen molar-refractivity contribution >= 4 is 23.1 Å². The van der Waals surface area contributed by atoms with Crippen LogP contribution in [-0.4, -0.2) is 50.7 Å². The van der Waals surface area contributed by atoms with E-state index in [0.29, 0.717) is 42.3 Å². The molecule has 1 aliphatic rings. The SMILES string of the molecule is CCOCCCN1C(=O)C(Nc2ccc(C)cc2C)=C(c2ccc(OC)c(OC)c2)C1=O. The van der Waals surface area contributed by atoms with E-state index in [4.69, 9.17) is 14.2 Å². The Morgan fingerprint density at radius 1 is 0.938 bits per heavy atom. The Balaban J connectivity index is 2.03. The summed E-state index contributed by atoms with van der Waals surface area (Å²) in [6.07, 6.45) is 0.571. The zero-order valence-electron chi connectivity index (χ0n) is 19.3. The third-order valence-corrected chi connectivity index (χ3v) is 5.36. The van der Waals surface area contributed by atoms with Crippen LogP contribution in [0.1, 0.15) is 30.0 Å². The zero-order chi connectivity index (χ0) is 23.3. The first kappa shape index (κ1) is 23.3. The quantitative estimate of drug-likeness (QED) is 0.447. The van der Waals surface area contributed by atoms with E-state index in [1.165, 1.54) is 12.0 Å². The lowest BCUT2D eigenvalue weighted by Crippen LogP contribution is -2.34.